The lowest BCUT2D eigenvalue weighted by Crippen LogP contribution is -2.27. The Bertz CT molecular complexity index is 674. The maximum Gasteiger partial charge on any atom is 0.269 e. The van der Waals surface area contributed by atoms with Crippen molar-refractivity contribution in [2.24, 2.45) is 23.7 Å². The summed E-state index contributed by atoms with van der Waals surface area (Å²) in [6.07, 6.45) is 10.7. The highest BCUT2D eigenvalue weighted by Crippen LogP contribution is 2.55. The minimum atomic E-state index is -0.238. The van der Waals surface area contributed by atoms with Crippen LogP contribution < -0.4 is 5.32 Å². The fraction of sp³-hybridized carbons (Fsp3) is 0.700. The lowest BCUT2D eigenvalue weighted by molar-refractivity contribution is -0.384. The second-order valence-corrected chi connectivity index (χ2v) is 8.74. The predicted octanol–water partition coefficient (Wildman–Crippen LogP) is 5.10. The first-order chi connectivity index (χ1) is 11.7. The summed E-state index contributed by atoms with van der Waals surface area (Å²) in [5.41, 5.74) is 2.68. The summed E-state index contributed by atoms with van der Waals surface area (Å²) in [6.45, 7) is 0. The Morgan fingerprint density at radius 2 is 1.71 bits per heavy atom. The van der Waals surface area contributed by atoms with Crippen LogP contribution in [0.5, 0.6) is 0 Å². The van der Waals surface area contributed by atoms with Gasteiger partial charge < -0.3 is 5.32 Å². The molecule has 4 nitrogen and oxygen atoms in total. The number of hydrogen-bond donors (Lipinski definition) is 1. The molecule has 4 fully saturated rings. The Morgan fingerprint density at radius 3 is 2.29 bits per heavy atom. The summed E-state index contributed by atoms with van der Waals surface area (Å²) in [5, 5.41) is 15.1. The Labute approximate surface area is 143 Å². The minimum Gasteiger partial charge on any atom is -0.382 e. The number of anilines is 1. The zero-order valence-electron chi connectivity index (χ0n) is 14.1. The van der Waals surface area contributed by atoms with Gasteiger partial charge in [-0.05, 0) is 79.7 Å². The van der Waals surface area contributed by atoms with E-state index in [2.05, 4.69) is 5.32 Å². The number of non-ortho nitro benzene ring substituents is 1. The molecule has 0 spiro atoms. The minimum absolute atomic E-state index is 0.238. The molecule has 4 bridgehead atoms. The lowest BCUT2D eigenvalue weighted by Gasteiger charge is -2.29. The summed E-state index contributed by atoms with van der Waals surface area (Å²) >= 11 is 0. The molecule has 6 atom stereocenters. The summed E-state index contributed by atoms with van der Waals surface area (Å²) < 4.78 is 0. The summed E-state index contributed by atoms with van der Waals surface area (Å²) in [5.74, 6) is 3.87. The molecule has 1 aromatic rings. The molecule has 128 valence electrons. The van der Waals surface area contributed by atoms with Crippen LogP contribution >= 0.6 is 0 Å². The maximum absolute atomic E-state index is 11.3. The van der Waals surface area contributed by atoms with E-state index in [0.717, 1.165) is 23.7 Å². The molecule has 4 aliphatic rings. The molecule has 5 rings (SSSR count). The van der Waals surface area contributed by atoms with Crippen molar-refractivity contribution >= 4 is 11.4 Å². The third kappa shape index (κ3) is 2.34. The number of hydrogen-bond acceptors (Lipinski definition) is 3. The van der Waals surface area contributed by atoms with Crippen LogP contribution in [0.2, 0.25) is 0 Å². The van der Waals surface area contributed by atoms with Gasteiger partial charge in [-0.15, -0.1) is 0 Å². The van der Waals surface area contributed by atoms with Gasteiger partial charge in [-0.3, -0.25) is 10.1 Å². The highest BCUT2D eigenvalue weighted by Gasteiger charge is 2.43. The van der Waals surface area contributed by atoms with Gasteiger partial charge in [0.15, 0.2) is 0 Å². The van der Waals surface area contributed by atoms with Crippen LogP contribution in [-0.2, 0) is 0 Å². The summed E-state index contributed by atoms with van der Waals surface area (Å²) in [6, 6.07) is 6.14. The smallest absolute Gasteiger partial charge is 0.269 e. The molecule has 4 saturated carbocycles. The molecule has 4 heteroatoms. The lowest BCUT2D eigenvalue weighted by atomic mass is 9.82. The number of rotatable bonds is 4. The van der Waals surface area contributed by atoms with E-state index in [0.29, 0.717) is 12.0 Å². The normalized spacial score (nSPS) is 39.5. The molecule has 1 N–H and O–H groups in total. The highest BCUT2D eigenvalue weighted by molar-refractivity contribution is 5.59. The van der Waals surface area contributed by atoms with Crippen molar-refractivity contribution in [1.29, 1.82) is 0 Å². The number of nitrogens with zero attached hydrogens (tertiary/aromatic N) is 1. The fourth-order valence-corrected chi connectivity index (χ4v) is 6.35. The molecule has 0 radical (unpaired) electrons. The van der Waals surface area contributed by atoms with Gasteiger partial charge in [-0.1, -0.05) is 12.8 Å². The van der Waals surface area contributed by atoms with Crippen LogP contribution in [0.3, 0.4) is 0 Å². The van der Waals surface area contributed by atoms with Crippen molar-refractivity contribution in [3.63, 3.8) is 0 Å². The number of benzene rings is 1. The van der Waals surface area contributed by atoms with Gasteiger partial charge in [0.05, 0.1) is 4.92 Å². The van der Waals surface area contributed by atoms with Crippen molar-refractivity contribution in [3.05, 3.63) is 33.9 Å². The SMILES string of the molecule is O=[N+]([O-])c1ccc(NC2C[C@@H]3CC[C@H]2C3)c([C@H]2C[C@@H]3CC[C@H]2C3)c1. The zero-order valence-corrected chi connectivity index (χ0v) is 14.1. The first kappa shape index (κ1) is 14.7. The largest absolute Gasteiger partial charge is 0.382 e. The van der Waals surface area contributed by atoms with E-state index in [1.165, 1.54) is 62.6 Å². The number of nitro benzene ring substituents is 1. The molecule has 4 aliphatic carbocycles. The average molecular weight is 326 g/mol. The molecule has 0 aliphatic heterocycles. The van der Waals surface area contributed by atoms with Crippen molar-refractivity contribution < 1.29 is 4.92 Å². The van der Waals surface area contributed by atoms with Gasteiger partial charge in [0.1, 0.15) is 0 Å². The summed E-state index contributed by atoms with van der Waals surface area (Å²) in [4.78, 5) is 11.0. The van der Waals surface area contributed by atoms with Crippen LogP contribution in [0.15, 0.2) is 18.2 Å². The molecule has 24 heavy (non-hydrogen) atoms. The van der Waals surface area contributed by atoms with Gasteiger partial charge >= 0.3 is 0 Å². The number of nitro groups is 1. The van der Waals surface area contributed by atoms with Gasteiger partial charge in [-0.25, -0.2) is 0 Å². The van der Waals surface area contributed by atoms with Crippen LogP contribution in [0.4, 0.5) is 11.4 Å². The third-order valence-electron chi connectivity index (χ3n) is 7.46. The maximum atomic E-state index is 11.3. The Hall–Kier alpha value is -1.58. The number of nitrogens with one attached hydrogen (secondary N) is 1. The Morgan fingerprint density at radius 1 is 0.958 bits per heavy atom. The fourth-order valence-electron chi connectivity index (χ4n) is 6.35. The molecular weight excluding hydrogens is 300 g/mol. The molecule has 0 heterocycles. The van der Waals surface area contributed by atoms with Crippen molar-refractivity contribution in [3.8, 4) is 0 Å². The van der Waals surface area contributed by atoms with E-state index < -0.39 is 0 Å². The molecule has 0 aromatic heterocycles. The van der Waals surface area contributed by atoms with Crippen LogP contribution in [0.1, 0.15) is 62.8 Å². The molecule has 1 aromatic carbocycles. The van der Waals surface area contributed by atoms with Gasteiger partial charge in [0.25, 0.3) is 5.69 Å². The topological polar surface area (TPSA) is 55.2 Å². The molecule has 0 saturated heterocycles. The summed E-state index contributed by atoms with van der Waals surface area (Å²) in [7, 11) is 0. The van der Waals surface area contributed by atoms with Crippen LogP contribution in [0.25, 0.3) is 0 Å². The molecular formula is C20H26N2O2. The van der Waals surface area contributed by atoms with Crippen molar-refractivity contribution in [2.45, 2.75) is 63.3 Å². The van der Waals surface area contributed by atoms with Crippen LogP contribution in [-0.4, -0.2) is 11.0 Å². The van der Waals surface area contributed by atoms with E-state index in [-0.39, 0.29) is 10.6 Å². The molecule has 1 unspecified atom stereocenters. The average Bonchev–Trinajstić information content (AvgIpc) is 3.36. The predicted molar refractivity (Wildman–Crippen MR) is 94.1 cm³/mol. The van der Waals surface area contributed by atoms with Crippen LogP contribution in [0, 0.1) is 33.8 Å². The second kappa shape index (κ2) is 5.47. The quantitative estimate of drug-likeness (QED) is 0.618. The van der Waals surface area contributed by atoms with Crippen molar-refractivity contribution in [1.82, 2.24) is 0 Å². The van der Waals surface area contributed by atoms with Gasteiger partial charge in [0.2, 0.25) is 0 Å². The van der Waals surface area contributed by atoms with E-state index in [9.17, 15) is 10.1 Å². The Kier molecular flexibility index (Phi) is 3.36. The van der Waals surface area contributed by atoms with E-state index in [4.69, 9.17) is 0 Å². The van der Waals surface area contributed by atoms with Gasteiger partial charge in [-0.2, -0.15) is 0 Å². The highest BCUT2D eigenvalue weighted by atomic mass is 16.6. The van der Waals surface area contributed by atoms with E-state index in [1.807, 2.05) is 12.1 Å². The first-order valence-electron chi connectivity index (χ1n) is 9.72. The third-order valence-corrected chi connectivity index (χ3v) is 7.46. The molecule has 0 amide bonds. The van der Waals surface area contributed by atoms with Crippen molar-refractivity contribution in [2.75, 3.05) is 5.32 Å². The van der Waals surface area contributed by atoms with Gasteiger partial charge in [0, 0.05) is 23.9 Å². The second-order valence-electron chi connectivity index (χ2n) is 8.74. The first-order valence-corrected chi connectivity index (χ1v) is 9.72. The monoisotopic (exact) mass is 326 g/mol. The zero-order chi connectivity index (χ0) is 16.3. The number of fused-ring (bicyclic) bond motifs is 4. The van der Waals surface area contributed by atoms with E-state index >= 15 is 0 Å². The van der Waals surface area contributed by atoms with E-state index in [1.54, 1.807) is 6.07 Å². The Balaban J connectivity index is 1.46. The standard InChI is InChI=1S/C20H26N2O2/c23-22(24)16-5-6-19(21-20-10-13-2-4-15(20)8-13)18(11-16)17-9-12-1-3-14(17)7-12/h5-6,11-15,17,20-21H,1-4,7-10H2/t12-,13-,14+,15+,17+,20?/m1/s1.